The zero-order valence-electron chi connectivity index (χ0n) is 7.84. The fraction of sp³-hybridized carbons (Fsp3) is 0.111. The predicted octanol–water partition coefficient (Wildman–Crippen LogP) is 1.17. The summed E-state index contributed by atoms with van der Waals surface area (Å²) in [6, 6.07) is 1.73. The third-order valence-electron chi connectivity index (χ3n) is 1.83. The van der Waals surface area contributed by atoms with Crippen LogP contribution in [-0.4, -0.2) is 22.3 Å². The number of aldehydes is 1. The monoisotopic (exact) mass is 227 g/mol. The van der Waals surface area contributed by atoms with Crippen molar-refractivity contribution < 1.29 is 24.0 Å². The van der Waals surface area contributed by atoms with Gasteiger partial charge in [0.05, 0.1) is 11.3 Å². The Bertz CT molecular complexity index is 471. The minimum atomic E-state index is -1.34. The van der Waals surface area contributed by atoms with Crippen molar-refractivity contribution in [2.45, 2.75) is 6.42 Å². The lowest BCUT2D eigenvalue weighted by molar-refractivity contribution is -0.387. The summed E-state index contributed by atoms with van der Waals surface area (Å²) in [5.41, 5.74) is -1.42. The van der Waals surface area contributed by atoms with E-state index < -0.39 is 28.8 Å². The van der Waals surface area contributed by atoms with E-state index in [1.54, 1.807) is 0 Å². The molecule has 1 rings (SSSR count). The molecule has 0 aliphatic heterocycles. The molecular weight excluding hydrogens is 221 g/mol. The van der Waals surface area contributed by atoms with E-state index in [-0.39, 0.29) is 17.4 Å². The number of carbonyl (C=O) groups is 2. The smallest absolute Gasteiger partial charge is 0.307 e. The summed E-state index contributed by atoms with van der Waals surface area (Å²) >= 11 is 0. The Labute approximate surface area is 88.5 Å². The first-order chi connectivity index (χ1) is 7.45. The van der Waals surface area contributed by atoms with Gasteiger partial charge in [-0.15, -0.1) is 0 Å². The molecule has 84 valence electrons. The highest BCUT2D eigenvalue weighted by atomic mass is 19.1. The average molecular weight is 227 g/mol. The molecule has 0 atom stereocenters. The number of aliphatic carboxylic acids is 1. The summed E-state index contributed by atoms with van der Waals surface area (Å²) < 4.78 is 13.4. The Morgan fingerprint density at radius 3 is 2.62 bits per heavy atom. The van der Waals surface area contributed by atoms with Gasteiger partial charge >= 0.3 is 11.7 Å². The van der Waals surface area contributed by atoms with Crippen LogP contribution in [0, 0.1) is 15.9 Å². The predicted molar refractivity (Wildman–Crippen MR) is 49.8 cm³/mol. The van der Waals surface area contributed by atoms with Crippen molar-refractivity contribution in [2.75, 3.05) is 0 Å². The quantitative estimate of drug-likeness (QED) is 0.473. The maximum Gasteiger partial charge on any atom is 0.307 e. The molecule has 0 spiro atoms. The number of benzene rings is 1. The SMILES string of the molecule is O=Cc1cc(CC(=O)O)c(F)c([N+](=O)[O-])c1. The first-order valence-electron chi connectivity index (χ1n) is 4.09. The lowest BCUT2D eigenvalue weighted by Gasteiger charge is -2.02. The highest BCUT2D eigenvalue weighted by Gasteiger charge is 2.20. The van der Waals surface area contributed by atoms with E-state index >= 15 is 0 Å². The summed E-state index contributed by atoms with van der Waals surface area (Å²) in [5.74, 6) is -2.56. The number of nitro groups is 1. The number of halogens is 1. The molecule has 0 saturated carbocycles. The van der Waals surface area contributed by atoms with Gasteiger partial charge in [0.15, 0.2) is 0 Å². The highest BCUT2D eigenvalue weighted by Crippen LogP contribution is 2.22. The molecule has 0 aliphatic rings. The Morgan fingerprint density at radius 2 is 2.19 bits per heavy atom. The van der Waals surface area contributed by atoms with Crippen molar-refractivity contribution in [1.29, 1.82) is 0 Å². The van der Waals surface area contributed by atoms with E-state index in [0.29, 0.717) is 0 Å². The first-order valence-corrected chi connectivity index (χ1v) is 4.09. The summed E-state index contributed by atoms with van der Waals surface area (Å²) in [6.07, 6.45) is -0.424. The molecule has 0 fully saturated rings. The number of rotatable bonds is 4. The molecule has 0 bridgehead atoms. The largest absolute Gasteiger partial charge is 0.481 e. The van der Waals surface area contributed by atoms with Gasteiger partial charge in [0.2, 0.25) is 5.82 Å². The number of carboxylic acid groups (broad SMARTS) is 1. The number of carboxylic acids is 1. The van der Waals surface area contributed by atoms with E-state index in [4.69, 9.17) is 5.11 Å². The molecule has 0 heterocycles. The van der Waals surface area contributed by atoms with Crippen LogP contribution >= 0.6 is 0 Å². The lowest BCUT2D eigenvalue weighted by Crippen LogP contribution is -2.06. The topological polar surface area (TPSA) is 97.5 Å². The number of nitrogens with zero attached hydrogens (tertiary/aromatic N) is 1. The molecule has 1 N–H and O–H groups in total. The second-order valence-corrected chi connectivity index (χ2v) is 2.96. The number of carbonyl (C=O) groups excluding carboxylic acids is 1. The zero-order chi connectivity index (χ0) is 12.3. The number of hydrogen-bond donors (Lipinski definition) is 1. The number of hydrogen-bond acceptors (Lipinski definition) is 4. The van der Waals surface area contributed by atoms with Crippen LogP contribution in [0.1, 0.15) is 15.9 Å². The van der Waals surface area contributed by atoms with Gasteiger partial charge in [-0.25, -0.2) is 0 Å². The Hall–Kier alpha value is -2.31. The van der Waals surface area contributed by atoms with Crippen molar-refractivity contribution in [3.63, 3.8) is 0 Å². The van der Waals surface area contributed by atoms with Crippen LogP contribution in [0.15, 0.2) is 12.1 Å². The van der Waals surface area contributed by atoms with Gasteiger partial charge in [-0.05, 0) is 6.07 Å². The lowest BCUT2D eigenvalue weighted by atomic mass is 10.1. The maximum atomic E-state index is 13.4. The molecule has 16 heavy (non-hydrogen) atoms. The van der Waals surface area contributed by atoms with Crippen LogP contribution in [0.4, 0.5) is 10.1 Å². The van der Waals surface area contributed by atoms with Gasteiger partial charge in [0.25, 0.3) is 0 Å². The summed E-state index contributed by atoms with van der Waals surface area (Å²) in [6.45, 7) is 0. The molecule has 0 aromatic heterocycles. The molecule has 0 aliphatic carbocycles. The number of nitro benzene ring substituents is 1. The van der Waals surface area contributed by atoms with Crippen LogP contribution in [0.2, 0.25) is 0 Å². The average Bonchev–Trinajstić information content (AvgIpc) is 2.19. The van der Waals surface area contributed by atoms with Crippen molar-refractivity contribution in [3.05, 3.63) is 39.2 Å². The van der Waals surface area contributed by atoms with Gasteiger partial charge in [-0.3, -0.25) is 19.7 Å². The maximum absolute atomic E-state index is 13.4. The molecule has 1 aromatic carbocycles. The van der Waals surface area contributed by atoms with E-state index in [1.807, 2.05) is 0 Å². The van der Waals surface area contributed by atoms with Crippen molar-refractivity contribution in [1.82, 2.24) is 0 Å². The molecule has 1 aromatic rings. The molecule has 7 heteroatoms. The second-order valence-electron chi connectivity index (χ2n) is 2.96. The van der Waals surface area contributed by atoms with Gasteiger partial charge < -0.3 is 5.11 Å². The van der Waals surface area contributed by atoms with Crippen LogP contribution in [0.5, 0.6) is 0 Å². The van der Waals surface area contributed by atoms with Gasteiger partial charge in [0.1, 0.15) is 6.29 Å². The molecule has 6 nitrogen and oxygen atoms in total. The van der Waals surface area contributed by atoms with Crippen LogP contribution in [0.3, 0.4) is 0 Å². The first kappa shape index (κ1) is 11.8. The minimum Gasteiger partial charge on any atom is -0.481 e. The van der Waals surface area contributed by atoms with Crippen LogP contribution < -0.4 is 0 Å². The van der Waals surface area contributed by atoms with E-state index in [1.165, 1.54) is 0 Å². The molecule has 0 amide bonds. The van der Waals surface area contributed by atoms with E-state index in [2.05, 4.69) is 0 Å². The fourth-order valence-corrected chi connectivity index (χ4v) is 1.18. The van der Waals surface area contributed by atoms with Gasteiger partial charge in [0, 0.05) is 17.2 Å². The summed E-state index contributed by atoms with van der Waals surface area (Å²) in [4.78, 5) is 30.2. The van der Waals surface area contributed by atoms with Crippen molar-refractivity contribution in [3.8, 4) is 0 Å². The molecule has 0 unspecified atom stereocenters. The molecular formula is C9H6FNO5. The fourth-order valence-electron chi connectivity index (χ4n) is 1.18. The minimum absolute atomic E-state index is 0.135. The summed E-state index contributed by atoms with van der Waals surface area (Å²) in [7, 11) is 0. The second kappa shape index (κ2) is 4.47. The Balaban J connectivity index is 3.36. The van der Waals surface area contributed by atoms with Gasteiger partial charge in [-0.2, -0.15) is 4.39 Å². The molecule has 0 radical (unpaired) electrons. The standard InChI is InChI=1S/C9H6FNO5/c10-9-6(3-8(13)14)1-5(4-12)2-7(9)11(15)16/h1-2,4H,3H2,(H,13,14). The van der Waals surface area contributed by atoms with Crippen molar-refractivity contribution >= 4 is 17.9 Å². The van der Waals surface area contributed by atoms with Crippen molar-refractivity contribution in [2.24, 2.45) is 0 Å². The third kappa shape index (κ3) is 2.38. The van der Waals surface area contributed by atoms with E-state index in [9.17, 15) is 24.1 Å². The highest BCUT2D eigenvalue weighted by molar-refractivity contribution is 5.78. The van der Waals surface area contributed by atoms with Crippen LogP contribution in [-0.2, 0) is 11.2 Å². The Kier molecular flexibility index (Phi) is 3.29. The Morgan fingerprint density at radius 1 is 1.56 bits per heavy atom. The van der Waals surface area contributed by atoms with Crippen LogP contribution in [0.25, 0.3) is 0 Å². The summed E-state index contributed by atoms with van der Waals surface area (Å²) in [5, 5.41) is 18.9. The molecule has 0 saturated heterocycles. The third-order valence-corrected chi connectivity index (χ3v) is 1.83. The normalized spacial score (nSPS) is 9.81. The zero-order valence-corrected chi connectivity index (χ0v) is 7.84. The van der Waals surface area contributed by atoms with Gasteiger partial charge in [-0.1, -0.05) is 0 Å². The van der Waals surface area contributed by atoms with E-state index in [0.717, 1.165) is 12.1 Å².